The van der Waals surface area contributed by atoms with Gasteiger partial charge in [0, 0.05) is 22.5 Å². The first-order valence-electron chi connectivity index (χ1n) is 13.7. The van der Waals surface area contributed by atoms with Crippen molar-refractivity contribution in [3.05, 3.63) is 76.8 Å². The van der Waals surface area contributed by atoms with Gasteiger partial charge in [-0.3, -0.25) is 9.52 Å². The number of nitrogens with one attached hydrogen (secondary N) is 1. The summed E-state index contributed by atoms with van der Waals surface area (Å²) >= 11 is 1.31. The Hall–Kier alpha value is -3.96. The molecule has 1 N–H and O–H groups in total. The molecule has 0 aliphatic heterocycles. The number of sulfonamides is 1. The summed E-state index contributed by atoms with van der Waals surface area (Å²) in [5, 5.41) is -0.924. The van der Waals surface area contributed by atoms with Crippen LogP contribution in [0.25, 0.3) is 22.5 Å². The Kier molecular flexibility index (Phi) is 10.2. The highest BCUT2D eigenvalue weighted by molar-refractivity contribution is 8.07. The van der Waals surface area contributed by atoms with Crippen LogP contribution >= 0.6 is 11.3 Å². The minimum absolute atomic E-state index is 0.0498. The van der Waals surface area contributed by atoms with Gasteiger partial charge in [0.25, 0.3) is 0 Å². The van der Waals surface area contributed by atoms with Crippen LogP contribution in [0.1, 0.15) is 54.5 Å². The molecule has 9 nitrogen and oxygen atoms in total. The average Bonchev–Trinajstić information content (AvgIpc) is 3.53. The first-order valence-corrected chi connectivity index (χ1v) is 16.0. The summed E-state index contributed by atoms with van der Waals surface area (Å²) in [6.45, 7) is 6.52. The number of nitrogens with zero attached hydrogens (tertiary/aromatic N) is 2. The van der Waals surface area contributed by atoms with Gasteiger partial charge >= 0.3 is 15.3 Å². The number of hydrogen-bond donors (Lipinski definition) is 1. The Balaban J connectivity index is 1.65. The highest BCUT2D eigenvalue weighted by Crippen LogP contribution is 2.38. The Morgan fingerprint density at radius 3 is 2.43 bits per heavy atom. The molecule has 0 atom stereocenters. The first-order chi connectivity index (χ1) is 20.2. The number of methoxy groups -OCH3 is 1. The maximum Gasteiger partial charge on any atom is 0.445 e. The van der Waals surface area contributed by atoms with E-state index in [1.54, 1.807) is 0 Å². The minimum Gasteiger partial charge on any atom is -0.479 e. The van der Waals surface area contributed by atoms with Crippen molar-refractivity contribution in [1.82, 2.24) is 9.55 Å². The van der Waals surface area contributed by atoms with Gasteiger partial charge in [-0.25, -0.2) is 4.79 Å². The van der Waals surface area contributed by atoms with Crippen molar-refractivity contribution in [2.45, 2.75) is 46.6 Å². The molecule has 0 amide bonds. The number of imidazole rings is 1. The molecule has 4 rings (SSSR count). The molecule has 2 aromatic heterocycles. The molecule has 0 saturated carbocycles. The van der Waals surface area contributed by atoms with Crippen LogP contribution in [0, 0.1) is 5.92 Å². The van der Waals surface area contributed by atoms with Crippen molar-refractivity contribution in [2.75, 3.05) is 18.4 Å². The second-order valence-corrected chi connectivity index (χ2v) is 12.9. The van der Waals surface area contributed by atoms with E-state index in [1.165, 1.54) is 18.4 Å². The Bertz CT molecular complexity index is 1630. The van der Waals surface area contributed by atoms with Crippen molar-refractivity contribution >= 4 is 37.9 Å². The molecule has 0 saturated heterocycles. The molecular formula is C31H35N3O6S2. The van der Waals surface area contributed by atoms with E-state index in [1.807, 2.05) is 72.2 Å². The summed E-state index contributed by atoms with van der Waals surface area (Å²) in [6, 6.07) is 19.1. The zero-order valence-electron chi connectivity index (χ0n) is 24.1. The lowest BCUT2D eigenvalue weighted by Crippen LogP contribution is -2.24. The zero-order valence-corrected chi connectivity index (χ0v) is 25.8. The number of rotatable bonds is 13. The van der Waals surface area contributed by atoms with E-state index >= 15 is 0 Å². The van der Waals surface area contributed by atoms with Gasteiger partial charge in [0.15, 0.2) is 6.29 Å². The second-order valence-electron chi connectivity index (χ2n) is 10.2. The maximum atomic E-state index is 12.8. The monoisotopic (exact) mass is 609 g/mol. The smallest absolute Gasteiger partial charge is 0.445 e. The number of hydrogen-bond acceptors (Lipinski definition) is 8. The Morgan fingerprint density at radius 2 is 1.81 bits per heavy atom. The SMILES string of the molecule is CCCCOC(=O)S(=O)(=O)Nc1sc(CC(C)C)cc1-c1ccc(Cn2c(-c3ccccc3)nc(OC)c2C=O)cc1. The molecular weight excluding hydrogens is 574 g/mol. The summed E-state index contributed by atoms with van der Waals surface area (Å²) in [4.78, 5) is 29.8. The van der Waals surface area contributed by atoms with Crippen LogP contribution < -0.4 is 9.46 Å². The third-order valence-electron chi connectivity index (χ3n) is 6.47. The predicted molar refractivity (Wildman–Crippen MR) is 166 cm³/mol. The summed E-state index contributed by atoms with van der Waals surface area (Å²) < 4.78 is 40.1. The Labute approximate surface area is 250 Å². The summed E-state index contributed by atoms with van der Waals surface area (Å²) in [5.41, 5.74) is 3.54. The van der Waals surface area contributed by atoms with Crippen molar-refractivity contribution < 1.29 is 27.5 Å². The lowest BCUT2D eigenvalue weighted by atomic mass is 10.0. The van der Waals surface area contributed by atoms with Crippen molar-refractivity contribution in [3.8, 4) is 28.4 Å². The van der Waals surface area contributed by atoms with E-state index in [0.717, 1.165) is 40.7 Å². The number of aromatic nitrogens is 2. The van der Waals surface area contributed by atoms with Gasteiger partial charge in [-0.1, -0.05) is 81.8 Å². The molecule has 2 aromatic carbocycles. The zero-order chi connectivity index (χ0) is 30.3. The summed E-state index contributed by atoms with van der Waals surface area (Å²) in [7, 11) is -2.90. The summed E-state index contributed by atoms with van der Waals surface area (Å²) in [5.74, 6) is 1.22. The minimum atomic E-state index is -4.38. The van der Waals surface area contributed by atoms with Gasteiger partial charge in [-0.2, -0.15) is 13.4 Å². The standard InChI is InChI=1S/C31H35N3O6S2/c1-5-6-16-40-31(36)42(37,38)33-30-26(18-25(41-30)17-21(2)3)23-14-12-22(13-15-23)19-34-27(20-35)29(39-4)32-28(34)24-10-8-7-9-11-24/h7-15,18,20-21,33H,5-6,16-17,19H2,1-4H3. The molecule has 222 valence electrons. The molecule has 42 heavy (non-hydrogen) atoms. The lowest BCUT2D eigenvalue weighted by molar-refractivity contribution is 0.111. The molecule has 0 aliphatic carbocycles. The lowest BCUT2D eigenvalue weighted by Gasteiger charge is -2.11. The predicted octanol–water partition coefficient (Wildman–Crippen LogP) is 7.02. The van der Waals surface area contributed by atoms with E-state index in [9.17, 15) is 18.0 Å². The fourth-order valence-corrected chi connectivity index (χ4v) is 6.74. The number of benzene rings is 2. The topological polar surface area (TPSA) is 117 Å². The number of ether oxygens (including phenoxy) is 2. The van der Waals surface area contributed by atoms with Crippen LogP contribution in [0.5, 0.6) is 5.88 Å². The normalized spacial score (nSPS) is 11.5. The largest absolute Gasteiger partial charge is 0.479 e. The van der Waals surface area contributed by atoms with Crippen LogP contribution in [-0.4, -0.2) is 43.3 Å². The van der Waals surface area contributed by atoms with Crippen LogP contribution in [0.15, 0.2) is 60.7 Å². The molecule has 11 heteroatoms. The van der Waals surface area contributed by atoms with Crippen LogP contribution in [-0.2, 0) is 27.7 Å². The van der Waals surface area contributed by atoms with Crippen molar-refractivity contribution in [3.63, 3.8) is 0 Å². The number of anilines is 1. The van der Waals surface area contributed by atoms with Gasteiger partial charge in [0.05, 0.1) is 13.7 Å². The van der Waals surface area contributed by atoms with E-state index in [2.05, 4.69) is 23.6 Å². The van der Waals surface area contributed by atoms with E-state index in [4.69, 9.17) is 9.47 Å². The Morgan fingerprint density at radius 1 is 1.10 bits per heavy atom. The van der Waals surface area contributed by atoms with Gasteiger partial charge in [-0.05, 0) is 36.0 Å². The number of aldehydes is 1. The highest BCUT2D eigenvalue weighted by atomic mass is 32.2. The van der Waals surface area contributed by atoms with E-state index in [0.29, 0.717) is 41.0 Å². The van der Waals surface area contributed by atoms with Crippen LogP contribution in [0.4, 0.5) is 9.80 Å². The molecule has 0 fully saturated rings. The molecule has 0 spiro atoms. The highest BCUT2D eigenvalue weighted by Gasteiger charge is 2.27. The fraction of sp³-hybridized carbons (Fsp3) is 0.323. The molecule has 4 aromatic rings. The fourth-order valence-electron chi connectivity index (χ4n) is 4.42. The average molecular weight is 610 g/mol. The molecule has 0 aliphatic rings. The number of carbonyl (C=O) groups is 2. The number of unbranched alkanes of at least 4 members (excludes halogenated alkanes) is 1. The number of thiophene rings is 1. The molecule has 0 radical (unpaired) electrons. The summed E-state index contributed by atoms with van der Waals surface area (Å²) in [6.07, 6.45) is 2.86. The molecule has 2 heterocycles. The van der Waals surface area contributed by atoms with Gasteiger partial charge in [-0.15, -0.1) is 11.3 Å². The number of carbonyl (C=O) groups excluding carboxylic acids is 2. The third kappa shape index (κ3) is 7.27. The molecule has 0 bridgehead atoms. The first kappa shape index (κ1) is 31.0. The van der Waals surface area contributed by atoms with Gasteiger partial charge in [0.2, 0.25) is 5.88 Å². The maximum absolute atomic E-state index is 12.8. The van der Waals surface area contributed by atoms with Gasteiger partial charge < -0.3 is 14.0 Å². The van der Waals surface area contributed by atoms with E-state index in [-0.39, 0.29) is 12.5 Å². The van der Waals surface area contributed by atoms with E-state index < -0.39 is 15.3 Å². The second kappa shape index (κ2) is 13.8. The quantitative estimate of drug-likeness (QED) is 0.0983. The van der Waals surface area contributed by atoms with Gasteiger partial charge in [0.1, 0.15) is 16.5 Å². The van der Waals surface area contributed by atoms with Crippen molar-refractivity contribution in [1.29, 1.82) is 0 Å². The third-order valence-corrected chi connectivity index (χ3v) is 8.70. The van der Waals surface area contributed by atoms with Crippen LogP contribution in [0.3, 0.4) is 0 Å². The van der Waals surface area contributed by atoms with Crippen molar-refractivity contribution in [2.24, 2.45) is 5.92 Å². The van der Waals surface area contributed by atoms with Crippen LogP contribution in [0.2, 0.25) is 0 Å². The molecule has 0 unspecified atom stereocenters.